The van der Waals surface area contributed by atoms with E-state index in [4.69, 9.17) is 64.8 Å². The Morgan fingerprint density at radius 3 is 2.36 bits per heavy atom. The van der Waals surface area contributed by atoms with Crippen molar-refractivity contribution in [2.24, 2.45) is 34.6 Å². The smallest absolute Gasteiger partial charge is 0.172 e. The lowest BCUT2D eigenvalue weighted by molar-refractivity contribution is -0.292. The summed E-state index contributed by atoms with van der Waals surface area (Å²) in [4.78, 5) is 31.4. The van der Waals surface area contributed by atoms with Crippen molar-refractivity contribution in [3.63, 3.8) is 0 Å². The Balaban J connectivity index is 0.000000258. The molecule has 17 heteroatoms. The Morgan fingerprint density at radius 2 is 1.61 bits per heavy atom. The van der Waals surface area contributed by atoms with Crippen molar-refractivity contribution < 1.29 is 67.3 Å². The van der Waals surface area contributed by atoms with Crippen LogP contribution in [0.15, 0.2) is 52.4 Å². The van der Waals surface area contributed by atoms with E-state index in [1.807, 2.05) is 0 Å². The molecule has 21 atom stereocenters. The highest BCUT2D eigenvalue weighted by atomic mass is 35.5. The molecule has 414 valence electrons. The highest BCUT2D eigenvalue weighted by molar-refractivity contribution is 6.25. The fourth-order valence-electron chi connectivity index (χ4n) is 14.3. The SMILES string of the molecule is C=C1C[C@@H]2CC[C@@]34C[C@H]5O[C@H]6[C@@H](O3)[C@H]3O[C@H](CC[C@@H]3O[C@H]6[C@H]5O4)CC(=O)C[C@@H]3[C@@H](OC)[C@@H](C[C@H](O)CN)O[C@H]3C[C@H]3O[C@@H](CC[C@@H]1O2)C[C@@H](C)C3=C.CCCC(C)CC1CC(=O)C(C(C)=NOC/C=C\Cl)=C(O)C1. The first-order chi connectivity index (χ1) is 35.6. The van der Waals surface area contributed by atoms with Crippen molar-refractivity contribution in [1.82, 2.24) is 0 Å². The first kappa shape index (κ1) is 56.2. The van der Waals surface area contributed by atoms with Crippen LogP contribution in [0.3, 0.4) is 0 Å². The van der Waals surface area contributed by atoms with E-state index in [9.17, 15) is 19.8 Å². The summed E-state index contributed by atoms with van der Waals surface area (Å²) in [5.74, 6) is 0.284. The molecule has 0 radical (unpaired) electrons. The number of methoxy groups -OCH3 is 1. The van der Waals surface area contributed by atoms with Crippen LogP contribution in [-0.4, -0.2) is 151 Å². The van der Waals surface area contributed by atoms with Gasteiger partial charge < -0.3 is 63.4 Å². The van der Waals surface area contributed by atoms with Crippen LogP contribution >= 0.6 is 11.6 Å². The normalized spacial score (nSPS) is 43.2. The van der Waals surface area contributed by atoms with Gasteiger partial charge in [-0.05, 0) is 93.3 Å². The molecule has 4 N–H and O–H groups in total. The van der Waals surface area contributed by atoms with Crippen LogP contribution in [0.2, 0.25) is 0 Å². The van der Waals surface area contributed by atoms with Gasteiger partial charge in [0, 0.05) is 76.5 Å². The monoisotopic (exact) mass is 1060 g/mol. The van der Waals surface area contributed by atoms with Gasteiger partial charge in [0.25, 0.3) is 0 Å². The Kier molecular flexibility index (Phi) is 18.7. The van der Waals surface area contributed by atoms with Crippen molar-refractivity contribution in [2.45, 2.75) is 247 Å². The number of aliphatic hydroxyl groups is 2. The minimum Gasteiger partial charge on any atom is -0.511 e. The predicted octanol–water partition coefficient (Wildman–Crippen LogP) is 8.19. The number of rotatable bonds is 12. The fraction of sp³-hybridized carbons (Fsp3) is 0.807. The van der Waals surface area contributed by atoms with Crippen LogP contribution in [0.4, 0.5) is 0 Å². The number of aliphatic hydroxyl groups excluding tert-OH is 2. The molecule has 12 bridgehead atoms. The minimum atomic E-state index is -0.780. The third-order valence-electron chi connectivity index (χ3n) is 17.8. The summed E-state index contributed by atoms with van der Waals surface area (Å²) in [5, 5.41) is 24.6. The molecule has 0 saturated carbocycles. The van der Waals surface area contributed by atoms with Gasteiger partial charge in [-0.2, -0.15) is 0 Å². The number of ether oxygens (including phenoxy) is 9. The van der Waals surface area contributed by atoms with Crippen molar-refractivity contribution in [2.75, 3.05) is 20.3 Å². The first-order valence-electron chi connectivity index (χ1n) is 28.0. The summed E-state index contributed by atoms with van der Waals surface area (Å²) in [6.07, 6.45) is 10.7. The van der Waals surface area contributed by atoms with E-state index in [0.29, 0.717) is 55.7 Å². The maximum Gasteiger partial charge on any atom is 0.172 e. The van der Waals surface area contributed by atoms with Crippen LogP contribution in [0.5, 0.6) is 0 Å². The second-order valence-electron chi connectivity index (χ2n) is 23.4. The zero-order chi connectivity index (χ0) is 52.4. The molecule has 1 aliphatic carbocycles. The number of hydrogen-bond donors (Lipinski definition) is 3. The van der Waals surface area contributed by atoms with Crippen molar-refractivity contribution >= 4 is 28.9 Å². The average Bonchev–Trinajstić information content (AvgIpc) is 4.04. The Labute approximate surface area is 443 Å². The molecule has 16 nitrogen and oxygen atoms in total. The standard InChI is InChI=1S/C40H59NO11.C17H26ClNO3/c1-19-11-24-5-7-28-20(2)12-26(45-28)9-10-40-17-33-36(51-40)37-38(50-33)39(52-40)35-29(49-37)8-6-25(47-35)13-22(42)14-27-31(16-30(46-24)21(19)3)48-32(34(27)44-4)15-23(43)18-41;1-4-6-12(2)9-14-10-15(20)17(16(21)11-14)13(3)19-22-8-5-7-18/h19,23-39,43H,2-3,5-18,41H2,1,4H3;5,7,12,14,20H,4,6,8-11H2,1-3H3/b;7-5-,19-13?/t19-,23+,24+,25-,26+,27+,28+,29+,30-,31+,32-,33-,34-,35+,36+,37+,38-,39+,40+;/m1./s1. The van der Waals surface area contributed by atoms with E-state index >= 15 is 0 Å². The Morgan fingerprint density at radius 1 is 0.865 bits per heavy atom. The van der Waals surface area contributed by atoms with Crippen LogP contribution in [0.1, 0.15) is 143 Å². The molecule has 0 amide bonds. The first-order valence-corrected chi connectivity index (χ1v) is 28.5. The molecule has 0 aromatic carbocycles. The fourth-order valence-corrected chi connectivity index (χ4v) is 14.3. The number of carbonyl (C=O) groups is 2. The van der Waals surface area contributed by atoms with Gasteiger partial charge in [0.05, 0.1) is 78.4 Å². The molecule has 11 aliphatic rings. The molecule has 2 unspecified atom stereocenters. The molecule has 11 rings (SSSR count). The lowest BCUT2D eigenvalue weighted by atomic mass is 9.80. The van der Waals surface area contributed by atoms with Gasteiger partial charge >= 0.3 is 0 Å². The van der Waals surface area contributed by atoms with E-state index < -0.39 is 18.0 Å². The van der Waals surface area contributed by atoms with E-state index in [2.05, 4.69) is 39.1 Å². The maximum atomic E-state index is 14.1. The topological polar surface area (TPSA) is 205 Å². The Hall–Kier alpha value is -2.58. The molecule has 0 aromatic heterocycles. The number of halogens is 1. The molecule has 74 heavy (non-hydrogen) atoms. The van der Waals surface area contributed by atoms with Gasteiger partial charge in [-0.15, -0.1) is 0 Å². The number of ketones is 2. The number of Topliss-reactive ketones (excluding diaryl/α,β-unsaturated/α-hetero) is 2. The summed E-state index contributed by atoms with van der Waals surface area (Å²) >= 11 is 5.38. The molecule has 10 heterocycles. The van der Waals surface area contributed by atoms with Crippen LogP contribution in [0.25, 0.3) is 0 Å². The highest BCUT2D eigenvalue weighted by Gasteiger charge is 2.69. The molecule has 0 aromatic rings. The third kappa shape index (κ3) is 12.5. The van der Waals surface area contributed by atoms with Crippen molar-refractivity contribution in [3.8, 4) is 0 Å². The van der Waals surface area contributed by atoms with Gasteiger partial charge in [0.2, 0.25) is 0 Å². The summed E-state index contributed by atoms with van der Waals surface area (Å²) in [7, 11) is 1.66. The molecule has 10 aliphatic heterocycles. The van der Waals surface area contributed by atoms with Gasteiger partial charge in [-0.1, -0.05) is 63.5 Å². The minimum absolute atomic E-state index is 0.0158. The number of hydrogen-bond acceptors (Lipinski definition) is 16. The third-order valence-corrected chi connectivity index (χ3v) is 18.0. The average molecular weight is 1060 g/mol. The summed E-state index contributed by atoms with van der Waals surface area (Å²) < 4.78 is 60.0. The van der Waals surface area contributed by atoms with Crippen LogP contribution in [0, 0.1) is 23.7 Å². The van der Waals surface area contributed by atoms with Gasteiger partial charge in [-0.3, -0.25) is 9.59 Å². The van der Waals surface area contributed by atoms with Crippen LogP contribution in [-0.2, 0) is 57.1 Å². The zero-order valence-corrected chi connectivity index (χ0v) is 45.2. The van der Waals surface area contributed by atoms with E-state index in [-0.39, 0.29) is 147 Å². The Bertz CT molecular complexity index is 2100. The maximum absolute atomic E-state index is 14.1. The second-order valence-corrected chi connectivity index (χ2v) is 23.7. The van der Waals surface area contributed by atoms with E-state index in [0.717, 1.165) is 75.4 Å². The highest BCUT2D eigenvalue weighted by Crippen LogP contribution is 2.54. The number of nitrogens with two attached hydrogens (primary N) is 1. The quantitative estimate of drug-likeness (QED) is 0.0730. The number of carbonyl (C=O) groups excluding carboxylic acids is 2. The summed E-state index contributed by atoms with van der Waals surface area (Å²) in [6.45, 7) is 17.5. The van der Waals surface area contributed by atoms with Gasteiger partial charge in [0.1, 0.15) is 48.7 Å². The number of fused-ring (bicyclic) bond motifs is 6. The molecule has 1 spiro atoms. The number of oxime groups is 1. The van der Waals surface area contributed by atoms with Gasteiger partial charge in [-0.25, -0.2) is 0 Å². The second kappa shape index (κ2) is 24.6. The zero-order valence-electron chi connectivity index (χ0n) is 44.5. The lowest BCUT2D eigenvalue weighted by Crippen LogP contribution is -2.61. The summed E-state index contributed by atoms with van der Waals surface area (Å²) in [6, 6.07) is 0. The van der Waals surface area contributed by atoms with Gasteiger partial charge in [0.15, 0.2) is 11.6 Å². The van der Waals surface area contributed by atoms with E-state index in [1.165, 1.54) is 5.54 Å². The molecule has 10 saturated heterocycles. The summed E-state index contributed by atoms with van der Waals surface area (Å²) in [5.41, 5.74) is 10.1. The largest absolute Gasteiger partial charge is 0.511 e. The van der Waals surface area contributed by atoms with Crippen LogP contribution < -0.4 is 5.73 Å². The predicted molar refractivity (Wildman–Crippen MR) is 276 cm³/mol. The van der Waals surface area contributed by atoms with E-state index in [1.54, 1.807) is 20.1 Å². The molecular weight excluding hydrogens is 972 g/mol. The molecular formula is C57H85ClN2O14. The molecule has 10 fully saturated rings. The number of nitrogens with zero attached hydrogens (tertiary/aromatic N) is 1. The lowest BCUT2D eigenvalue weighted by Gasteiger charge is -2.47. The van der Waals surface area contributed by atoms with Crippen molar-refractivity contribution in [3.05, 3.63) is 47.2 Å². The number of allylic oxidation sites excluding steroid dienone is 2. The van der Waals surface area contributed by atoms with Crippen molar-refractivity contribution in [1.29, 1.82) is 0 Å².